The number of hydrazine groups is 1. The number of rotatable bonds is 3. The van der Waals surface area contributed by atoms with Gasteiger partial charge in [0.15, 0.2) is 0 Å². The molecule has 0 saturated heterocycles. The van der Waals surface area contributed by atoms with E-state index in [4.69, 9.17) is 5.84 Å². The normalized spacial score (nSPS) is 18.0. The summed E-state index contributed by atoms with van der Waals surface area (Å²) in [6.07, 6.45) is 8.87. The van der Waals surface area contributed by atoms with Crippen molar-refractivity contribution in [2.24, 2.45) is 5.84 Å². The summed E-state index contributed by atoms with van der Waals surface area (Å²) >= 11 is 3.52. The number of hydrogen-bond acceptors (Lipinski definition) is 3. The molecular weight excluding hydrogens is 266 g/mol. The highest BCUT2D eigenvalue weighted by Crippen LogP contribution is 2.31. The molecular formula is C12H16BrN3. The van der Waals surface area contributed by atoms with Gasteiger partial charge < -0.3 is 0 Å². The van der Waals surface area contributed by atoms with Gasteiger partial charge in [-0.25, -0.2) is 5.43 Å². The number of halogens is 1. The number of allylic oxidation sites excluding steroid dienone is 1. The molecule has 0 aliphatic heterocycles. The monoisotopic (exact) mass is 281 g/mol. The van der Waals surface area contributed by atoms with Crippen molar-refractivity contribution < 1.29 is 0 Å². The fraction of sp³-hybridized carbons (Fsp3) is 0.417. The minimum atomic E-state index is 0.0378. The Bertz CT molecular complexity index is 390. The average Bonchev–Trinajstić information content (AvgIpc) is 2.34. The molecule has 1 unspecified atom stereocenters. The van der Waals surface area contributed by atoms with Crippen LogP contribution in [0.4, 0.5) is 0 Å². The first-order chi connectivity index (χ1) is 7.83. The summed E-state index contributed by atoms with van der Waals surface area (Å²) in [5.74, 6) is 5.65. The molecule has 16 heavy (non-hydrogen) atoms. The minimum absolute atomic E-state index is 0.0378. The molecule has 1 aromatic rings. The van der Waals surface area contributed by atoms with Gasteiger partial charge in [0.1, 0.15) is 0 Å². The molecule has 0 aromatic carbocycles. The van der Waals surface area contributed by atoms with E-state index < -0.39 is 0 Å². The fourth-order valence-corrected chi connectivity index (χ4v) is 2.58. The van der Waals surface area contributed by atoms with Gasteiger partial charge in [-0.05, 0) is 59.3 Å². The molecule has 1 aromatic heterocycles. The average molecular weight is 282 g/mol. The van der Waals surface area contributed by atoms with Gasteiger partial charge in [0, 0.05) is 10.7 Å². The van der Waals surface area contributed by atoms with Crippen LogP contribution in [0.15, 0.2) is 34.5 Å². The first-order valence-corrected chi connectivity index (χ1v) is 6.37. The second kappa shape index (κ2) is 5.57. The molecule has 0 bridgehead atoms. The topological polar surface area (TPSA) is 50.9 Å². The van der Waals surface area contributed by atoms with Crippen molar-refractivity contribution in [1.82, 2.24) is 10.4 Å². The van der Waals surface area contributed by atoms with Gasteiger partial charge in [0.25, 0.3) is 0 Å². The molecule has 0 fully saturated rings. The molecule has 1 aliphatic rings. The summed E-state index contributed by atoms with van der Waals surface area (Å²) in [6.45, 7) is 0. The fourth-order valence-electron chi connectivity index (χ4n) is 2.10. The maximum absolute atomic E-state index is 5.65. The van der Waals surface area contributed by atoms with Crippen LogP contribution in [-0.4, -0.2) is 4.98 Å². The number of nitrogens with zero attached hydrogens (tertiary/aromatic N) is 1. The number of aromatic nitrogens is 1. The van der Waals surface area contributed by atoms with Crippen LogP contribution in [0.2, 0.25) is 0 Å². The van der Waals surface area contributed by atoms with Crippen LogP contribution in [0.1, 0.15) is 37.4 Å². The molecule has 3 N–H and O–H groups in total. The molecule has 2 rings (SSSR count). The SMILES string of the molecule is NNC(C1=CCCCC1)c1ncccc1Br. The summed E-state index contributed by atoms with van der Waals surface area (Å²) in [5, 5.41) is 0. The Morgan fingerprint density at radius 2 is 2.31 bits per heavy atom. The summed E-state index contributed by atoms with van der Waals surface area (Å²) in [5.41, 5.74) is 5.19. The smallest absolute Gasteiger partial charge is 0.0853 e. The second-order valence-corrected chi connectivity index (χ2v) is 4.85. The molecule has 4 heteroatoms. The van der Waals surface area contributed by atoms with E-state index in [1.54, 1.807) is 6.20 Å². The number of nitrogens with two attached hydrogens (primary N) is 1. The van der Waals surface area contributed by atoms with Crippen LogP contribution in [0.25, 0.3) is 0 Å². The molecule has 0 saturated carbocycles. The quantitative estimate of drug-likeness (QED) is 0.509. The summed E-state index contributed by atoms with van der Waals surface area (Å²) < 4.78 is 1.00. The lowest BCUT2D eigenvalue weighted by molar-refractivity contribution is 0.554. The zero-order valence-electron chi connectivity index (χ0n) is 9.12. The Hall–Kier alpha value is -0.710. The summed E-state index contributed by atoms with van der Waals surface area (Å²) in [7, 11) is 0. The lowest BCUT2D eigenvalue weighted by atomic mass is 9.92. The van der Waals surface area contributed by atoms with E-state index in [2.05, 4.69) is 32.4 Å². The Morgan fingerprint density at radius 1 is 1.44 bits per heavy atom. The third kappa shape index (κ3) is 2.51. The predicted octanol–water partition coefficient (Wildman–Crippen LogP) is 2.85. The first kappa shape index (κ1) is 11.8. The van der Waals surface area contributed by atoms with Crippen LogP contribution >= 0.6 is 15.9 Å². The Labute approximate surface area is 104 Å². The van der Waals surface area contributed by atoms with Crippen LogP contribution in [0.3, 0.4) is 0 Å². The zero-order chi connectivity index (χ0) is 11.4. The van der Waals surface area contributed by atoms with E-state index >= 15 is 0 Å². The van der Waals surface area contributed by atoms with Crippen molar-refractivity contribution in [2.75, 3.05) is 0 Å². The van der Waals surface area contributed by atoms with E-state index in [-0.39, 0.29) is 6.04 Å². The van der Waals surface area contributed by atoms with Gasteiger partial charge in [-0.3, -0.25) is 10.8 Å². The number of pyridine rings is 1. The molecule has 0 spiro atoms. The van der Waals surface area contributed by atoms with Gasteiger partial charge in [0.2, 0.25) is 0 Å². The highest BCUT2D eigenvalue weighted by Gasteiger charge is 2.19. The maximum atomic E-state index is 5.65. The van der Waals surface area contributed by atoms with Gasteiger partial charge in [0.05, 0.1) is 11.7 Å². The number of nitrogens with one attached hydrogen (secondary N) is 1. The second-order valence-electron chi connectivity index (χ2n) is 3.99. The van der Waals surface area contributed by atoms with Gasteiger partial charge in [-0.1, -0.05) is 6.08 Å². The lowest BCUT2D eigenvalue weighted by Gasteiger charge is -2.22. The minimum Gasteiger partial charge on any atom is -0.271 e. The Balaban J connectivity index is 2.28. The number of hydrogen-bond donors (Lipinski definition) is 2. The molecule has 1 aliphatic carbocycles. The van der Waals surface area contributed by atoms with Gasteiger partial charge in [-0.15, -0.1) is 0 Å². The highest BCUT2D eigenvalue weighted by molar-refractivity contribution is 9.10. The molecule has 1 atom stereocenters. The predicted molar refractivity (Wildman–Crippen MR) is 68.6 cm³/mol. The first-order valence-electron chi connectivity index (χ1n) is 5.58. The third-order valence-electron chi connectivity index (χ3n) is 2.92. The molecule has 0 radical (unpaired) electrons. The largest absolute Gasteiger partial charge is 0.271 e. The van der Waals surface area contributed by atoms with E-state index in [0.29, 0.717) is 0 Å². The van der Waals surface area contributed by atoms with E-state index in [1.165, 1.54) is 18.4 Å². The molecule has 1 heterocycles. The summed E-state index contributed by atoms with van der Waals surface area (Å²) in [6, 6.07) is 3.95. The van der Waals surface area contributed by atoms with E-state index in [9.17, 15) is 0 Å². The maximum Gasteiger partial charge on any atom is 0.0853 e. The van der Waals surface area contributed by atoms with Crippen LogP contribution in [0, 0.1) is 0 Å². The Morgan fingerprint density at radius 3 is 2.94 bits per heavy atom. The summed E-state index contributed by atoms with van der Waals surface area (Å²) in [4.78, 5) is 4.39. The highest BCUT2D eigenvalue weighted by atomic mass is 79.9. The van der Waals surface area contributed by atoms with Crippen LogP contribution in [-0.2, 0) is 0 Å². The van der Waals surface area contributed by atoms with Crippen molar-refractivity contribution >= 4 is 15.9 Å². The van der Waals surface area contributed by atoms with Crippen molar-refractivity contribution in [3.63, 3.8) is 0 Å². The standard InChI is InChI=1S/C12H16BrN3/c13-10-7-4-8-15-12(10)11(16-14)9-5-2-1-3-6-9/h4-5,7-8,11,16H,1-3,6,14H2. The zero-order valence-corrected chi connectivity index (χ0v) is 10.7. The third-order valence-corrected chi connectivity index (χ3v) is 3.59. The van der Waals surface area contributed by atoms with Crippen molar-refractivity contribution in [3.8, 4) is 0 Å². The van der Waals surface area contributed by atoms with Gasteiger partial charge in [-0.2, -0.15) is 0 Å². The van der Waals surface area contributed by atoms with Crippen molar-refractivity contribution in [3.05, 3.63) is 40.1 Å². The van der Waals surface area contributed by atoms with E-state index in [0.717, 1.165) is 23.0 Å². The van der Waals surface area contributed by atoms with Gasteiger partial charge >= 0.3 is 0 Å². The van der Waals surface area contributed by atoms with Crippen LogP contribution < -0.4 is 11.3 Å². The van der Waals surface area contributed by atoms with E-state index in [1.807, 2.05) is 12.1 Å². The van der Waals surface area contributed by atoms with Crippen LogP contribution in [0.5, 0.6) is 0 Å². The molecule has 3 nitrogen and oxygen atoms in total. The van der Waals surface area contributed by atoms with Crippen molar-refractivity contribution in [2.45, 2.75) is 31.7 Å². The molecule has 86 valence electrons. The molecule has 0 amide bonds. The lowest BCUT2D eigenvalue weighted by Crippen LogP contribution is -2.30. The Kier molecular flexibility index (Phi) is 4.09. The van der Waals surface area contributed by atoms with Crippen molar-refractivity contribution in [1.29, 1.82) is 0 Å².